The minimum atomic E-state index is -0.840. The van der Waals surface area contributed by atoms with E-state index in [2.05, 4.69) is 23.8 Å². The summed E-state index contributed by atoms with van der Waals surface area (Å²) in [6.07, 6.45) is 0.498. The Morgan fingerprint density at radius 1 is 1.32 bits per heavy atom. The maximum absolute atomic E-state index is 12.5. The molecule has 1 aliphatic heterocycles. The molecule has 1 unspecified atom stereocenters. The van der Waals surface area contributed by atoms with E-state index in [1.54, 1.807) is 23.2 Å². The van der Waals surface area contributed by atoms with Crippen LogP contribution in [0.1, 0.15) is 29.6 Å². The van der Waals surface area contributed by atoms with E-state index in [0.717, 1.165) is 20.8 Å². The molecule has 8 heteroatoms. The van der Waals surface area contributed by atoms with Gasteiger partial charge in [0.25, 0.3) is 0 Å². The third kappa shape index (κ3) is 3.37. The number of hydrogen-bond donors (Lipinski definition) is 1. The molecule has 0 aliphatic carbocycles. The Morgan fingerprint density at radius 3 is 2.68 bits per heavy atom. The van der Waals surface area contributed by atoms with E-state index in [0.29, 0.717) is 18.8 Å². The van der Waals surface area contributed by atoms with Crippen LogP contribution in [0.25, 0.3) is 10.2 Å². The Bertz CT molecular complexity index is 864. The number of aryl methyl sites for hydroxylation is 3. The van der Waals surface area contributed by atoms with Crippen molar-refractivity contribution in [3.63, 3.8) is 0 Å². The predicted octanol–water partition coefficient (Wildman–Crippen LogP) is 3.03. The van der Waals surface area contributed by atoms with Crippen molar-refractivity contribution in [1.82, 2.24) is 14.9 Å². The van der Waals surface area contributed by atoms with Crippen LogP contribution >= 0.6 is 23.1 Å². The van der Waals surface area contributed by atoms with E-state index in [-0.39, 0.29) is 18.2 Å². The van der Waals surface area contributed by atoms with Crippen LogP contribution in [-0.4, -0.2) is 50.7 Å². The van der Waals surface area contributed by atoms with Gasteiger partial charge < -0.3 is 10.0 Å². The molecular weight excluding hydrogens is 358 g/mol. The molecule has 1 saturated heterocycles. The van der Waals surface area contributed by atoms with E-state index in [1.807, 2.05) is 6.92 Å². The van der Waals surface area contributed by atoms with Crippen LogP contribution < -0.4 is 0 Å². The zero-order chi connectivity index (χ0) is 18.4. The minimum absolute atomic E-state index is 0.0380. The first kappa shape index (κ1) is 18.1. The molecule has 3 heterocycles. The molecule has 0 saturated carbocycles. The molecule has 0 bridgehead atoms. The van der Waals surface area contributed by atoms with Crippen molar-refractivity contribution in [2.75, 3.05) is 18.8 Å². The second-order valence-corrected chi connectivity index (χ2v) is 8.93. The highest BCUT2D eigenvalue weighted by molar-refractivity contribution is 8.00. The number of carboxylic acid groups (broad SMARTS) is 1. The number of likely N-dealkylation sites (tertiary alicyclic amines) is 1. The quantitative estimate of drug-likeness (QED) is 0.649. The van der Waals surface area contributed by atoms with Gasteiger partial charge in [-0.3, -0.25) is 9.59 Å². The lowest BCUT2D eigenvalue weighted by Gasteiger charge is -2.20. The zero-order valence-electron chi connectivity index (χ0n) is 14.8. The number of hydrogen-bond acceptors (Lipinski definition) is 6. The Labute approximate surface area is 154 Å². The summed E-state index contributed by atoms with van der Waals surface area (Å²) in [6.45, 7) is 8.44. The lowest BCUT2D eigenvalue weighted by atomic mass is 9.90. The number of fused-ring (bicyclic) bond motifs is 1. The maximum Gasteiger partial charge on any atom is 0.311 e. The normalized spacial score (nSPS) is 20.4. The van der Waals surface area contributed by atoms with E-state index in [9.17, 15) is 14.7 Å². The van der Waals surface area contributed by atoms with Crippen LogP contribution in [0.15, 0.2) is 5.03 Å². The average molecular weight is 380 g/mol. The summed E-state index contributed by atoms with van der Waals surface area (Å²) >= 11 is 3.06. The van der Waals surface area contributed by atoms with Crippen molar-refractivity contribution in [1.29, 1.82) is 0 Å². The molecule has 0 aromatic carbocycles. The first-order chi connectivity index (χ1) is 11.7. The van der Waals surface area contributed by atoms with Gasteiger partial charge in [-0.05, 0) is 39.7 Å². The van der Waals surface area contributed by atoms with Gasteiger partial charge in [-0.25, -0.2) is 9.97 Å². The van der Waals surface area contributed by atoms with Gasteiger partial charge in [-0.2, -0.15) is 0 Å². The van der Waals surface area contributed by atoms with Crippen LogP contribution in [0.5, 0.6) is 0 Å². The molecule has 2 aromatic heterocycles. The number of amides is 1. The highest BCUT2D eigenvalue weighted by Gasteiger charge is 2.42. The highest BCUT2D eigenvalue weighted by atomic mass is 32.2. The van der Waals surface area contributed by atoms with Gasteiger partial charge in [-0.15, -0.1) is 11.3 Å². The van der Waals surface area contributed by atoms with Crippen molar-refractivity contribution >= 4 is 45.2 Å². The number of carbonyl (C=O) groups excluding carboxylic acids is 1. The molecule has 1 aliphatic rings. The van der Waals surface area contributed by atoms with Crippen molar-refractivity contribution in [2.45, 2.75) is 39.1 Å². The Morgan fingerprint density at radius 2 is 2.04 bits per heavy atom. The van der Waals surface area contributed by atoms with Crippen LogP contribution in [0.2, 0.25) is 0 Å². The lowest BCUT2D eigenvalue weighted by Crippen LogP contribution is -2.35. The first-order valence-electron chi connectivity index (χ1n) is 8.09. The summed E-state index contributed by atoms with van der Waals surface area (Å²) < 4.78 is 0. The standard InChI is InChI=1S/C17H21N3O3S2/c1-9-10(2)25-15-13(9)14(18-11(3)19-15)24-7-12(21)20-6-5-17(4,8-20)16(22)23/h5-8H2,1-4H3,(H,22,23). The summed E-state index contributed by atoms with van der Waals surface area (Å²) in [5.41, 5.74) is 0.328. The second kappa shape index (κ2) is 6.57. The Balaban J connectivity index is 1.75. The fourth-order valence-corrected chi connectivity index (χ4v) is 5.16. The van der Waals surface area contributed by atoms with Crippen molar-refractivity contribution in [3.05, 3.63) is 16.3 Å². The molecule has 1 amide bonds. The molecule has 0 spiro atoms. The van der Waals surface area contributed by atoms with Crippen LogP contribution in [0.3, 0.4) is 0 Å². The van der Waals surface area contributed by atoms with Gasteiger partial charge in [0.1, 0.15) is 15.7 Å². The Kier molecular flexibility index (Phi) is 4.76. The van der Waals surface area contributed by atoms with E-state index >= 15 is 0 Å². The summed E-state index contributed by atoms with van der Waals surface area (Å²) in [5.74, 6) is 0.0792. The molecule has 134 valence electrons. The third-order valence-corrected chi connectivity index (χ3v) is 6.84. The number of thioether (sulfide) groups is 1. The molecule has 1 N–H and O–H groups in total. The molecule has 0 radical (unpaired) electrons. The summed E-state index contributed by atoms with van der Waals surface area (Å²) in [4.78, 5) is 36.7. The smallest absolute Gasteiger partial charge is 0.311 e. The summed E-state index contributed by atoms with van der Waals surface area (Å²) in [5, 5.41) is 11.2. The predicted molar refractivity (Wildman–Crippen MR) is 99.3 cm³/mol. The van der Waals surface area contributed by atoms with Crippen molar-refractivity contribution < 1.29 is 14.7 Å². The molecule has 25 heavy (non-hydrogen) atoms. The molecule has 2 aromatic rings. The molecule has 6 nitrogen and oxygen atoms in total. The minimum Gasteiger partial charge on any atom is -0.481 e. The fourth-order valence-electron chi connectivity index (χ4n) is 2.99. The third-order valence-electron chi connectivity index (χ3n) is 4.78. The van der Waals surface area contributed by atoms with E-state index in [4.69, 9.17) is 0 Å². The molecule has 1 fully saturated rings. The maximum atomic E-state index is 12.5. The number of rotatable bonds is 4. The number of nitrogens with zero attached hydrogens (tertiary/aromatic N) is 3. The highest BCUT2D eigenvalue weighted by Crippen LogP contribution is 2.36. The molecular formula is C17H21N3O3S2. The monoisotopic (exact) mass is 379 g/mol. The van der Waals surface area contributed by atoms with Gasteiger partial charge in [-0.1, -0.05) is 11.8 Å². The van der Waals surface area contributed by atoms with Gasteiger partial charge in [0, 0.05) is 23.4 Å². The molecule has 3 rings (SSSR count). The van der Waals surface area contributed by atoms with E-state index < -0.39 is 11.4 Å². The van der Waals surface area contributed by atoms with Crippen molar-refractivity contribution in [2.24, 2.45) is 5.41 Å². The van der Waals surface area contributed by atoms with Crippen LogP contribution in [-0.2, 0) is 9.59 Å². The van der Waals surface area contributed by atoms with E-state index in [1.165, 1.54) is 16.6 Å². The molecule has 1 atom stereocenters. The largest absolute Gasteiger partial charge is 0.481 e. The average Bonchev–Trinajstić information content (AvgIpc) is 3.07. The summed E-state index contributed by atoms with van der Waals surface area (Å²) in [6, 6.07) is 0. The topological polar surface area (TPSA) is 83.4 Å². The van der Waals surface area contributed by atoms with Gasteiger partial charge in [0.2, 0.25) is 5.91 Å². The second-order valence-electron chi connectivity index (χ2n) is 6.76. The number of aromatic nitrogens is 2. The number of carboxylic acids is 1. The lowest BCUT2D eigenvalue weighted by molar-refractivity contribution is -0.147. The SMILES string of the molecule is Cc1nc(SCC(=O)N2CCC(C)(C(=O)O)C2)c2c(C)c(C)sc2n1. The van der Waals surface area contributed by atoms with Crippen LogP contribution in [0.4, 0.5) is 0 Å². The van der Waals surface area contributed by atoms with Gasteiger partial charge in [0.05, 0.1) is 11.2 Å². The first-order valence-corrected chi connectivity index (χ1v) is 9.90. The summed E-state index contributed by atoms with van der Waals surface area (Å²) in [7, 11) is 0. The Hall–Kier alpha value is -1.67. The van der Waals surface area contributed by atoms with Gasteiger partial charge >= 0.3 is 5.97 Å². The number of thiophene rings is 1. The number of aliphatic carboxylic acids is 1. The van der Waals surface area contributed by atoms with Gasteiger partial charge in [0.15, 0.2) is 0 Å². The fraction of sp³-hybridized carbons (Fsp3) is 0.529. The zero-order valence-corrected chi connectivity index (χ0v) is 16.4. The number of carbonyl (C=O) groups is 2. The van der Waals surface area contributed by atoms with Crippen LogP contribution in [0, 0.1) is 26.2 Å². The van der Waals surface area contributed by atoms with Crippen molar-refractivity contribution in [3.8, 4) is 0 Å².